The summed E-state index contributed by atoms with van der Waals surface area (Å²) in [5.74, 6) is 0. The summed E-state index contributed by atoms with van der Waals surface area (Å²) >= 11 is 0. The van der Waals surface area contributed by atoms with Crippen molar-refractivity contribution in [3.63, 3.8) is 0 Å². The molecule has 2 N–H and O–H groups in total. The minimum atomic E-state index is -4.36. The van der Waals surface area contributed by atoms with Crippen LogP contribution < -0.4 is 29.6 Å². The summed E-state index contributed by atoms with van der Waals surface area (Å²) in [6.45, 7) is 1.79. The maximum absolute atomic E-state index is 10.2. The minimum absolute atomic E-state index is 0. The van der Waals surface area contributed by atoms with Gasteiger partial charge in [-0.2, -0.15) is 0 Å². The molecule has 0 saturated heterocycles. The molecule has 16 heavy (non-hydrogen) atoms. The number of methoxy groups -OCH3 is 1. The van der Waals surface area contributed by atoms with Crippen LogP contribution in [0.15, 0.2) is 0 Å². The van der Waals surface area contributed by atoms with Crippen LogP contribution in [0.25, 0.3) is 0 Å². The summed E-state index contributed by atoms with van der Waals surface area (Å²) in [4.78, 5) is 16.6. The van der Waals surface area contributed by atoms with Gasteiger partial charge < -0.3 is 25.4 Å². The van der Waals surface area contributed by atoms with Crippen molar-refractivity contribution in [2.75, 3.05) is 46.8 Å². The molecule has 0 bridgehead atoms. The van der Waals surface area contributed by atoms with Crippen molar-refractivity contribution in [1.82, 2.24) is 0 Å². The molecular formula is C7H18NaO7P. The van der Waals surface area contributed by atoms with Crippen LogP contribution in [0.2, 0.25) is 0 Å². The molecule has 0 aromatic heterocycles. The molecule has 9 heteroatoms. The van der Waals surface area contributed by atoms with Gasteiger partial charge in [-0.25, -0.2) is 4.57 Å². The molecule has 0 aromatic carbocycles. The van der Waals surface area contributed by atoms with Crippen LogP contribution in [0.4, 0.5) is 0 Å². The Morgan fingerprint density at radius 2 is 1.44 bits per heavy atom. The zero-order valence-corrected chi connectivity index (χ0v) is 12.5. The minimum Gasteiger partial charge on any atom is -1.00 e. The summed E-state index contributed by atoms with van der Waals surface area (Å²) in [7, 11) is -2.78. The fourth-order valence-corrected chi connectivity index (χ4v) is 0.992. The maximum atomic E-state index is 10.2. The van der Waals surface area contributed by atoms with E-state index in [1.54, 1.807) is 7.11 Å². The van der Waals surface area contributed by atoms with Crippen LogP contribution in [0.5, 0.6) is 0 Å². The second-order valence-corrected chi connectivity index (χ2v) is 3.78. The van der Waals surface area contributed by atoms with E-state index in [1.165, 1.54) is 0 Å². The van der Waals surface area contributed by atoms with Gasteiger partial charge in [0.15, 0.2) is 0 Å². The van der Waals surface area contributed by atoms with Crippen molar-refractivity contribution < 1.29 is 64.1 Å². The molecule has 0 rings (SSSR count). The first-order valence-electron chi connectivity index (χ1n) is 4.41. The summed E-state index contributed by atoms with van der Waals surface area (Å²) in [5.41, 5.74) is 0. The first-order valence-corrected chi connectivity index (χ1v) is 5.94. The van der Waals surface area contributed by atoms with Gasteiger partial charge in [-0.15, -0.1) is 0 Å². The molecule has 0 aliphatic rings. The third-order valence-electron chi connectivity index (χ3n) is 1.29. The summed E-state index contributed by atoms with van der Waals surface area (Å²) < 4.78 is 29.2. The summed E-state index contributed by atoms with van der Waals surface area (Å²) in [5, 5.41) is 0. The van der Waals surface area contributed by atoms with Crippen molar-refractivity contribution in [3.05, 3.63) is 0 Å². The summed E-state index contributed by atoms with van der Waals surface area (Å²) in [6.07, 6.45) is 0. The Morgan fingerprint density at radius 3 is 1.88 bits per heavy atom. The monoisotopic (exact) mass is 268 g/mol. The van der Waals surface area contributed by atoms with Crippen LogP contribution in [-0.2, 0) is 23.3 Å². The van der Waals surface area contributed by atoms with Crippen LogP contribution in [-0.4, -0.2) is 56.5 Å². The number of hydrogen-bond acceptors (Lipinski definition) is 5. The average molecular weight is 268 g/mol. The predicted octanol–water partition coefficient (Wildman–Crippen LogP) is -3.11. The van der Waals surface area contributed by atoms with Crippen molar-refractivity contribution >= 4 is 7.82 Å². The molecule has 0 saturated carbocycles. The SMILES string of the molecule is COCCOCCOCCOP(=O)(O)O.[H-].[Na+]. The molecule has 0 aliphatic heterocycles. The van der Waals surface area contributed by atoms with Gasteiger partial charge in [0.1, 0.15) is 0 Å². The molecular weight excluding hydrogens is 250 g/mol. The fourth-order valence-electron chi connectivity index (χ4n) is 0.679. The van der Waals surface area contributed by atoms with E-state index in [9.17, 15) is 4.57 Å². The molecule has 0 aliphatic carbocycles. The Bertz CT molecular complexity index is 191. The van der Waals surface area contributed by atoms with E-state index in [0.29, 0.717) is 26.4 Å². The maximum Gasteiger partial charge on any atom is 1.00 e. The van der Waals surface area contributed by atoms with Crippen molar-refractivity contribution in [2.45, 2.75) is 0 Å². The van der Waals surface area contributed by atoms with Crippen molar-refractivity contribution in [1.29, 1.82) is 0 Å². The number of ether oxygens (including phenoxy) is 3. The topological polar surface area (TPSA) is 94.5 Å². The average Bonchev–Trinajstić information content (AvgIpc) is 2.14. The standard InChI is InChI=1S/C7H17O7P.Na.H/c1-11-2-3-12-4-5-13-6-7-14-15(8,9)10;;/h2-7H2,1H3,(H2,8,9,10);;/q;+1;-1. The molecule has 0 spiro atoms. The largest absolute Gasteiger partial charge is 1.00 e. The Labute approximate surface area is 118 Å². The van der Waals surface area contributed by atoms with Crippen molar-refractivity contribution in [2.24, 2.45) is 0 Å². The van der Waals surface area contributed by atoms with E-state index in [0.717, 1.165) is 0 Å². The van der Waals surface area contributed by atoms with E-state index in [4.69, 9.17) is 24.0 Å². The van der Waals surface area contributed by atoms with Gasteiger partial charge in [0.05, 0.1) is 39.6 Å². The van der Waals surface area contributed by atoms with E-state index in [1.807, 2.05) is 0 Å². The van der Waals surface area contributed by atoms with Gasteiger partial charge in [0, 0.05) is 7.11 Å². The van der Waals surface area contributed by atoms with E-state index < -0.39 is 7.82 Å². The van der Waals surface area contributed by atoms with E-state index in [-0.39, 0.29) is 44.2 Å². The molecule has 0 amide bonds. The molecule has 0 aromatic rings. The van der Waals surface area contributed by atoms with Gasteiger partial charge >= 0.3 is 37.4 Å². The number of phosphoric ester groups is 1. The molecule has 0 unspecified atom stereocenters. The van der Waals surface area contributed by atoms with Crippen LogP contribution in [0.3, 0.4) is 0 Å². The molecule has 0 heterocycles. The molecule has 7 nitrogen and oxygen atoms in total. The number of rotatable bonds is 10. The molecule has 0 fully saturated rings. The Hall–Kier alpha value is 0.990. The zero-order valence-electron chi connectivity index (χ0n) is 10.6. The van der Waals surface area contributed by atoms with E-state index >= 15 is 0 Å². The third kappa shape index (κ3) is 17.4. The second-order valence-electron chi connectivity index (χ2n) is 2.54. The molecule has 0 radical (unpaired) electrons. The van der Waals surface area contributed by atoms with Crippen molar-refractivity contribution in [3.8, 4) is 0 Å². The first-order chi connectivity index (χ1) is 7.06. The normalized spacial score (nSPS) is 11.2. The van der Waals surface area contributed by atoms with Gasteiger partial charge in [-0.05, 0) is 0 Å². The van der Waals surface area contributed by atoms with E-state index in [2.05, 4.69) is 4.52 Å². The first kappa shape index (κ1) is 19.3. The zero-order chi connectivity index (χ0) is 11.6. The molecule has 0 atom stereocenters. The Balaban J connectivity index is -0.000000980. The molecule has 94 valence electrons. The van der Waals surface area contributed by atoms with Gasteiger partial charge in [0.25, 0.3) is 0 Å². The fraction of sp³-hybridized carbons (Fsp3) is 1.00. The second kappa shape index (κ2) is 12.4. The number of phosphoric acid groups is 1. The Morgan fingerprint density at radius 1 is 1.00 bits per heavy atom. The van der Waals surface area contributed by atoms with Gasteiger partial charge in [-0.1, -0.05) is 0 Å². The summed E-state index contributed by atoms with van der Waals surface area (Å²) in [6, 6.07) is 0. The van der Waals surface area contributed by atoms with Crippen LogP contribution in [0, 0.1) is 0 Å². The van der Waals surface area contributed by atoms with Crippen LogP contribution >= 0.6 is 7.82 Å². The number of hydrogen-bond donors (Lipinski definition) is 2. The van der Waals surface area contributed by atoms with Gasteiger partial charge in [0.2, 0.25) is 0 Å². The quantitative estimate of drug-likeness (QED) is 0.246. The van der Waals surface area contributed by atoms with Gasteiger partial charge in [-0.3, -0.25) is 4.52 Å². The van der Waals surface area contributed by atoms with Crippen LogP contribution in [0.1, 0.15) is 1.43 Å². The third-order valence-corrected chi connectivity index (χ3v) is 1.81. The Kier molecular flexibility index (Phi) is 15.0. The predicted molar refractivity (Wildman–Crippen MR) is 52.6 cm³/mol. The smallest absolute Gasteiger partial charge is 1.00 e.